The molecule has 1 amide bonds. The Bertz CT molecular complexity index is 1050. The SMILES string of the molecule is C=CC(=O)N[C@H]1C[C@@](C)(Oc2nc(Nc3cnn(C)c3)nc3[nH]cc(Cl)c23)C1. The second-order valence-electron chi connectivity index (χ2n) is 7.11. The van der Waals surface area contributed by atoms with E-state index in [2.05, 4.69) is 37.3 Å². The van der Waals surface area contributed by atoms with Gasteiger partial charge in [-0.2, -0.15) is 15.1 Å². The summed E-state index contributed by atoms with van der Waals surface area (Å²) >= 11 is 6.31. The molecule has 1 fully saturated rings. The van der Waals surface area contributed by atoms with Gasteiger partial charge in [0.05, 0.1) is 22.3 Å². The number of rotatable bonds is 6. The van der Waals surface area contributed by atoms with Gasteiger partial charge in [-0.3, -0.25) is 9.48 Å². The van der Waals surface area contributed by atoms with Crippen LogP contribution in [0.1, 0.15) is 19.8 Å². The van der Waals surface area contributed by atoms with E-state index in [4.69, 9.17) is 16.3 Å². The number of hydrogen-bond acceptors (Lipinski definition) is 6. The van der Waals surface area contributed by atoms with Crippen LogP contribution in [0.25, 0.3) is 11.0 Å². The minimum absolute atomic E-state index is 0.0440. The summed E-state index contributed by atoms with van der Waals surface area (Å²) in [6.45, 7) is 5.45. The molecular weight excluding hydrogens is 382 g/mol. The number of hydrogen-bond donors (Lipinski definition) is 3. The number of aryl methyl sites for hydroxylation is 1. The van der Waals surface area contributed by atoms with Gasteiger partial charge < -0.3 is 20.4 Å². The molecule has 0 saturated heterocycles. The molecule has 146 valence electrons. The zero-order valence-corrected chi connectivity index (χ0v) is 16.2. The minimum Gasteiger partial charge on any atom is -0.471 e. The van der Waals surface area contributed by atoms with Gasteiger partial charge in [0.1, 0.15) is 11.2 Å². The average molecular weight is 402 g/mol. The van der Waals surface area contributed by atoms with Gasteiger partial charge in [0, 0.05) is 38.3 Å². The van der Waals surface area contributed by atoms with E-state index in [9.17, 15) is 4.79 Å². The Morgan fingerprint density at radius 2 is 2.29 bits per heavy atom. The summed E-state index contributed by atoms with van der Waals surface area (Å²) in [6.07, 6.45) is 7.72. The van der Waals surface area contributed by atoms with Gasteiger partial charge in [-0.05, 0) is 13.0 Å². The fourth-order valence-electron chi connectivity index (χ4n) is 3.37. The first-order chi connectivity index (χ1) is 13.3. The second-order valence-corrected chi connectivity index (χ2v) is 7.52. The Hall–Kier alpha value is -3.07. The van der Waals surface area contributed by atoms with Crippen LogP contribution in [0.15, 0.2) is 31.2 Å². The Morgan fingerprint density at radius 1 is 1.50 bits per heavy atom. The first-order valence-electron chi connectivity index (χ1n) is 8.77. The zero-order valence-electron chi connectivity index (χ0n) is 15.5. The van der Waals surface area contributed by atoms with Gasteiger partial charge in [0.2, 0.25) is 17.7 Å². The van der Waals surface area contributed by atoms with E-state index < -0.39 is 5.60 Å². The number of halogens is 1. The number of aromatic amines is 1. The summed E-state index contributed by atoms with van der Waals surface area (Å²) in [4.78, 5) is 23.5. The van der Waals surface area contributed by atoms with Gasteiger partial charge in [0.25, 0.3) is 0 Å². The third-order valence-electron chi connectivity index (χ3n) is 4.64. The number of H-pyrrole nitrogens is 1. The molecule has 3 aromatic heterocycles. The largest absolute Gasteiger partial charge is 0.471 e. The average Bonchev–Trinajstić information content (AvgIpc) is 3.19. The van der Waals surface area contributed by atoms with Crippen molar-refractivity contribution in [1.82, 2.24) is 30.0 Å². The number of carbonyl (C=O) groups excluding carboxylic acids is 1. The van der Waals surface area contributed by atoms with E-state index in [-0.39, 0.29) is 11.9 Å². The van der Waals surface area contributed by atoms with Crippen LogP contribution in [0.5, 0.6) is 5.88 Å². The monoisotopic (exact) mass is 401 g/mol. The molecule has 9 nitrogen and oxygen atoms in total. The number of fused-ring (bicyclic) bond motifs is 1. The number of aromatic nitrogens is 5. The topological polar surface area (TPSA) is 110 Å². The van der Waals surface area contributed by atoms with E-state index >= 15 is 0 Å². The molecule has 3 heterocycles. The van der Waals surface area contributed by atoms with Crippen LogP contribution in [0.2, 0.25) is 5.02 Å². The summed E-state index contributed by atoms with van der Waals surface area (Å²) in [6, 6.07) is 0.0440. The molecule has 0 aromatic carbocycles. The van der Waals surface area contributed by atoms with Crippen molar-refractivity contribution in [1.29, 1.82) is 0 Å². The van der Waals surface area contributed by atoms with Gasteiger partial charge in [-0.25, -0.2) is 0 Å². The third kappa shape index (κ3) is 3.53. The van der Waals surface area contributed by atoms with Crippen molar-refractivity contribution in [3.63, 3.8) is 0 Å². The predicted molar refractivity (Wildman–Crippen MR) is 106 cm³/mol. The van der Waals surface area contributed by atoms with Crippen LogP contribution in [0.4, 0.5) is 11.6 Å². The van der Waals surface area contributed by atoms with Gasteiger partial charge in [-0.15, -0.1) is 0 Å². The molecule has 0 unspecified atom stereocenters. The van der Waals surface area contributed by atoms with Crippen LogP contribution in [-0.2, 0) is 11.8 Å². The quantitative estimate of drug-likeness (QED) is 0.548. The van der Waals surface area contributed by atoms with Crippen molar-refractivity contribution in [3.8, 4) is 5.88 Å². The van der Waals surface area contributed by atoms with Gasteiger partial charge in [-0.1, -0.05) is 18.2 Å². The maximum absolute atomic E-state index is 11.5. The summed E-state index contributed by atoms with van der Waals surface area (Å²) < 4.78 is 7.90. The summed E-state index contributed by atoms with van der Waals surface area (Å²) in [5, 5.41) is 11.2. The number of amides is 1. The van der Waals surface area contributed by atoms with Crippen molar-refractivity contribution in [2.75, 3.05) is 5.32 Å². The van der Waals surface area contributed by atoms with E-state index in [1.807, 2.05) is 20.2 Å². The highest BCUT2D eigenvalue weighted by molar-refractivity contribution is 6.35. The summed E-state index contributed by atoms with van der Waals surface area (Å²) in [5.41, 5.74) is 0.861. The van der Waals surface area contributed by atoms with E-state index in [0.29, 0.717) is 40.7 Å². The number of carbonyl (C=O) groups is 1. The number of nitrogens with zero attached hydrogens (tertiary/aromatic N) is 4. The second kappa shape index (κ2) is 6.83. The lowest BCUT2D eigenvalue weighted by Crippen LogP contribution is -2.56. The number of nitrogens with one attached hydrogen (secondary N) is 3. The lowest BCUT2D eigenvalue weighted by molar-refractivity contribution is -0.119. The van der Waals surface area contributed by atoms with Gasteiger partial charge >= 0.3 is 0 Å². The standard InChI is InChI=1S/C18H20ClN7O2/c1-4-13(27)22-10-5-18(2,6-10)28-16-14-12(19)8-20-15(14)24-17(25-16)23-11-7-21-26(3)9-11/h4,7-10H,1,5-6H2,2-3H3,(H,22,27)(H2,20,23,24,25)/t10-,18+. The maximum atomic E-state index is 11.5. The first kappa shape index (κ1) is 18.3. The predicted octanol–water partition coefficient (Wildman–Crippen LogP) is 2.69. The van der Waals surface area contributed by atoms with Crippen molar-refractivity contribution in [2.24, 2.45) is 7.05 Å². The Labute approximate surface area is 166 Å². The molecular formula is C18H20ClN7O2. The number of anilines is 2. The molecule has 0 radical (unpaired) electrons. The van der Waals surface area contributed by atoms with Gasteiger partial charge in [0.15, 0.2) is 0 Å². The molecule has 0 atom stereocenters. The molecule has 10 heteroatoms. The van der Waals surface area contributed by atoms with Crippen molar-refractivity contribution < 1.29 is 9.53 Å². The fourth-order valence-corrected chi connectivity index (χ4v) is 3.59. The van der Waals surface area contributed by atoms with E-state index in [1.165, 1.54) is 6.08 Å². The summed E-state index contributed by atoms with van der Waals surface area (Å²) in [7, 11) is 1.83. The first-order valence-corrected chi connectivity index (χ1v) is 9.15. The van der Waals surface area contributed by atoms with Crippen molar-refractivity contribution in [3.05, 3.63) is 36.3 Å². The smallest absolute Gasteiger partial charge is 0.243 e. The Morgan fingerprint density at radius 3 is 2.96 bits per heavy atom. The van der Waals surface area contributed by atoms with Crippen LogP contribution in [0, 0.1) is 0 Å². The van der Waals surface area contributed by atoms with Crippen LogP contribution < -0.4 is 15.4 Å². The Balaban J connectivity index is 1.58. The fraction of sp³-hybridized carbons (Fsp3) is 0.333. The molecule has 4 rings (SSSR count). The molecule has 1 saturated carbocycles. The molecule has 3 N–H and O–H groups in total. The van der Waals surface area contributed by atoms with Crippen LogP contribution in [-0.4, -0.2) is 42.3 Å². The molecule has 3 aromatic rings. The van der Waals surface area contributed by atoms with Crippen molar-refractivity contribution in [2.45, 2.75) is 31.4 Å². The van der Waals surface area contributed by atoms with Crippen molar-refractivity contribution >= 4 is 40.2 Å². The highest BCUT2D eigenvalue weighted by Crippen LogP contribution is 2.40. The van der Waals surface area contributed by atoms with Crippen LogP contribution in [0.3, 0.4) is 0 Å². The molecule has 1 aliphatic rings. The van der Waals surface area contributed by atoms with E-state index in [1.54, 1.807) is 17.1 Å². The highest BCUT2D eigenvalue weighted by Gasteiger charge is 2.44. The molecule has 0 spiro atoms. The maximum Gasteiger partial charge on any atom is 0.243 e. The lowest BCUT2D eigenvalue weighted by Gasteiger charge is -2.44. The summed E-state index contributed by atoms with van der Waals surface area (Å²) in [5.74, 6) is 0.570. The number of ether oxygens (including phenoxy) is 1. The zero-order chi connectivity index (χ0) is 19.9. The lowest BCUT2D eigenvalue weighted by atomic mass is 9.77. The highest BCUT2D eigenvalue weighted by atomic mass is 35.5. The molecule has 0 aliphatic heterocycles. The molecule has 1 aliphatic carbocycles. The third-order valence-corrected chi connectivity index (χ3v) is 4.94. The molecule has 0 bridgehead atoms. The van der Waals surface area contributed by atoms with Crippen LogP contribution >= 0.6 is 11.6 Å². The van der Waals surface area contributed by atoms with E-state index in [0.717, 1.165) is 5.69 Å². The normalized spacial score (nSPS) is 21.2. The Kier molecular flexibility index (Phi) is 4.46. The molecule has 28 heavy (non-hydrogen) atoms. The minimum atomic E-state index is -0.466.